The summed E-state index contributed by atoms with van der Waals surface area (Å²) < 4.78 is 0. The van der Waals surface area contributed by atoms with Gasteiger partial charge in [-0.25, -0.2) is 0 Å². The van der Waals surface area contributed by atoms with Gasteiger partial charge in [0, 0.05) is 58.0 Å². The summed E-state index contributed by atoms with van der Waals surface area (Å²) in [6.45, 7) is 16.6. The number of rotatable bonds is 11. The summed E-state index contributed by atoms with van der Waals surface area (Å²) in [5.74, 6) is -0.0765. The molecule has 0 saturated carbocycles. The van der Waals surface area contributed by atoms with Crippen molar-refractivity contribution in [3.63, 3.8) is 0 Å². The molecule has 148 valence electrons. The molecule has 0 aromatic heterocycles. The van der Waals surface area contributed by atoms with Gasteiger partial charge < -0.3 is 16.0 Å². The average molecular weight is 359 g/mol. The minimum Gasteiger partial charge on any atom is -0.355 e. The second-order valence-corrected chi connectivity index (χ2v) is 6.22. The lowest BCUT2D eigenvalue weighted by Gasteiger charge is -2.23. The first-order chi connectivity index (χ1) is 11.7. The summed E-state index contributed by atoms with van der Waals surface area (Å²) in [5.41, 5.74) is 0. The number of nitrogens with one attached hydrogen (secondary N) is 3. The Labute approximate surface area is 153 Å². The van der Waals surface area contributed by atoms with E-state index in [1.165, 1.54) is 6.92 Å². The van der Waals surface area contributed by atoms with Crippen molar-refractivity contribution in [2.24, 2.45) is 11.8 Å². The second kappa shape index (κ2) is 15.9. The van der Waals surface area contributed by atoms with Gasteiger partial charge in [0.05, 0.1) is 0 Å². The maximum absolute atomic E-state index is 11.6. The Hall–Kier alpha value is -1.63. The number of carbonyl (C=O) groups excluding carboxylic acids is 3. The zero-order chi connectivity index (χ0) is 19.8. The summed E-state index contributed by atoms with van der Waals surface area (Å²) in [6.07, 6.45) is 0. The van der Waals surface area contributed by atoms with Crippen LogP contribution in [0.25, 0.3) is 0 Å². The van der Waals surface area contributed by atoms with Gasteiger partial charge in [0.25, 0.3) is 0 Å². The van der Waals surface area contributed by atoms with Crippen molar-refractivity contribution in [2.75, 3.05) is 39.3 Å². The highest BCUT2D eigenvalue weighted by molar-refractivity contribution is 5.78. The van der Waals surface area contributed by atoms with Gasteiger partial charge in [-0.3, -0.25) is 19.3 Å². The molecule has 0 atom stereocenters. The van der Waals surface area contributed by atoms with Crippen molar-refractivity contribution < 1.29 is 14.4 Å². The predicted octanol–water partition coefficient (Wildman–Crippen LogP) is 0.995. The van der Waals surface area contributed by atoms with Gasteiger partial charge in [0.1, 0.15) is 0 Å². The van der Waals surface area contributed by atoms with E-state index in [-0.39, 0.29) is 29.6 Å². The highest BCUT2D eigenvalue weighted by Crippen LogP contribution is 1.93. The van der Waals surface area contributed by atoms with E-state index in [4.69, 9.17) is 0 Å². The molecule has 0 spiro atoms. The summed E-state index contributed by atoms with van der Waals surface area (Å²) in [7, 11) is 0. The number of carbonyl (C=O) groups is 3. The van der Waals surface area contributed by atoms with E-state index in [0.717, 1.165) is 0 Å². The van der Waals surface area contributed by atoms with Crippen LogP contribution in [0.4, 0.5) is 0 Å². The lowest BCUT2D eigenvalue weighted by Crippen LogP contribution is -2.43. The Morgan fingerprint density at radius 2 is 1.04 bits per heavy atom. The first-order valence-corrected chi connectivity index (χ1v) is 9.26. The lowest BCUT2D eigenvalue weighted by atomic mass is 10.2. The molecule has 0 saturated heterocycles. The molecule has 0 aliphatic carbocycles. The second-order valence-electron chi connectivity index (χ2n) is 6.22. The standard InChI is InChI=1S/C16H32N4O3.C2H6/c1-12(2)15(22)18-7-10-20(9-6-17-14(5)21)11-8-19-16(23)13(3)4;1-2/h12-13H,6-11H2,1-5H3,(H,17,21)(H,18,22)(H,19,23);1-2H3. The molecule has 0 aliphatic heterocycles. The van der Waals surface area contributed by atoms with Crippen LogP contribution in [0, 0.1) is 11.8 Å². The number of hydrogen-bond acceptors (Lipinski definition) is 4. The van der Waals surface area contributed by atoms with Crippen molar-refractivity contribution >= 4 is 17.7 Å². The normalized spacial score (nSPS) is 10.3. The Morgan fingerprint density at radius 3 is 1.32 bits per heavy atom. The van der Waals surface area contributed by atoms with Crippen molar-refractivity contribution in [3.8, 4) is 0 Å². The van der Waals surface area contributed by atoms with E-state index in [1.54, 1.807) is 0 Å². The number of nitrogens with zero attached hydrogens (tertiary/aromatic N) is 1. The summed E-state index contributed by atoms with van der Waals surface area (Å²) in [5, 5.41) is 8.50. The molecule has 3 N–H and O–H groups in total. The average Bonchev–Trinajstić information content (AvgIpc) is 2.55. The summed E-state index contributed by atoms with van der Waals surface area (Å²) in [6, 6.07) is 0. The highest BCUT2D eigenvalue weighted by Gasteiger charge is 2.10. The predicted molar refractivity (Wildman–Crippen MR) is 102 cm³/mol. The summed E-state index contributed by atoms with van der Waals surface area (Å²) >= 11 is 0. The Kier molecular flexibility index (Phi) is 16.3. The third kappa shape index (κ3) is 15.6. The van der Waals surface area contributed by atoms with Gasteiger partial charge in [0.15, 0.2) is 0 Å². The smallest absolute Gasteiger partial charge is 0.222 e. The molecule has 0 radical (unpaired) electrons. The van der Waals surface area contributed by atoms with Crippen LogP contribution in [0.15, 0.2) is 0 Å². The monoisotopic (exact) mass is 358 g/mol. The lowest BCUT2D eigenvalue weighted by molar-refractivity contribution is -0.124. The molecule has 0 rings (SSSR count). The Bertz CT molecular complexity index is 359. The van der Waals surface area contributed by atoms with Gasteiger partial charge in [-0.1, -0.05) is 41.5 Å². The molecule has 3 amide bonds. The molecule has 25 heavy (non-hydrogen) atoms. The largest absolute Gasteiger partial charge is 0.355 e. The third-order valence-electron chi connectivity index (χ3n) is 3.31. The van der Waals surface area contributed by atoms with E-state index in [1.807, 2.05) is 41.5 Å². The first kappa shape index (κ1) is 25.6. The Morgan fingerprint density at radius 1 is 0.720 bits per heavy atom. The van der Waals surface area contributed by atoms with Crippen LogP contribution in [0.3, 0.4) is 0 Å². The van der Waals surface area contributed by atoms with Gasteiger partial charge >= 0.3 is 0 Å². The molecular formula is C18H38N4O3. The van der Waals surface area contributed by atoms with Crippen molar-refractivity contribution in [1.82, 2.24) is 20.9 Å². The van der Waals surface area contributed by atoms with Crippen LogP contribution in [-0.2, 0) is 14.4 Å². The number of amides is 3. The van der Waals surface area contributed by atoms with Gasteiger partial charge in [0.2, 0.25) is 17.7 Å². The van der Waals surface area contributed by atoms with E-state index in [2.05, 4.69) is 20.9 Å². The Balaban J connectivity index is 0. The maximum Gasteiger partial charge on any atom is 0.222 e. The van der Waals surface area contributed by atoms with Crippen LogP contribution in [0.1, 0.15) is 48.5 Å². The van der Waals surface area contributed by atoms with Crippen LogP contribution >= 0.6 is 0 Å². The molecule has 0 heterocycles. The molecule has 0 aliphatic rings. The fourth-order valence-electron chi connectivity index (χ4n) is 1.81. The van der Waals surface area contributed by atoms with E-state index >= 15 is 0 Å². The van der Waals surface area contributed by atoms with Crippen molar-refractivity contribution in [2.45, 2.75) is 48.5 Å². The minimum absolute atomic E-state index is 0.0277. The van der Waals surface area contributed by atoms with Crippen LogP contribution in [0.5, 0.6) is 0 Å². The molecule has 0 aromatic rings. The molecule has 0 unspecified atom stereocenters. The fourth-order valence-corrected chi connectivity index (χ4v) is 1.81. The zero-order valence-electron chi connectivity index (χ0n) is 17.1. The highest BCUT2D eigenvalue weighted by atomic mass is 16.2. The summed E-state index contributed by atoms with van der Waals surface area (Å²) in [4.78, 5) is 36.2. The fraction of sp³-hybridized carbons (Fsp3) is 0.833. The molecule has 0 aromatic carbocycles. The molecule has 7 heteroatoms. The molecule has 0 bridgehead atoms. The SMILES string of the molecule is CC.CC(=O)NCCN(CCNC(=O)C(C)C)CCNC(=O)C(C)C. The van der Waals surface area contributed by atoms with Gasteiger partial charge in [-0.2, -0.15) is 0 Å². The van der Waals surface area contributed by atoms with Crippen LogP contribution in [0.2, 0.25) is 0 Å². The van der Waals surface area contributed by atoms with Crippen LogP contribution < -0.4 is 16.0 Å². The quantitative estimate of drug-likeness (QED) is 0.514. The van der Waals surface area contributed by atoms with E-state index in [9.17, 15) is 14.4 Å². The van der Waals surface area contributed by atoms with Gasteiger partial charge in [-0.15, -0.1) is 0 Å². The van der Waals surface area contributed by atoms with Crippen molar-refractivity contribution in [1.29, 1.82) is 0 Å². The molecule has 7 nitrogen and oxygen atoms in total. The van der Waals surface area contributed by atoms with Crippen molar-refractivity contribution in [3.05, 3.63) is 0 Å². The van der Waals surface area contributed by atoms with Crippen LogP contribution in [-0.4, -0.2) is 61.9 Å². The van der Waals surface area contributed by atoms with E-state index < -0.39 is 0 Å². The number of hydrogen-bond donors (Lipinski definition) is 3. The molecular weight excluding hydrogens is 320 g/mol. The zero-order valence-corrected chi connectivity index (χ0v) is 17.1. The van der Waals surface area contributed by atoms with Gasteiger partial charge in [-0.05, 0) is 0 Å². The maximum atomic E-state index is 11.6. The minimum atomic E-state index is -0.0637. The molecule has 0 fully saturated rings. The first-order valence-electron chi connectivity index (χ1n) is 9.26. The topological polar surface area (TPSA) is 90.5 Å². The third-order valence-corrected chi connectivity index (χ3v) is 3.31. The van der Waals surface area contributed by atoms with E-state index in [0.29, 0.717) is 39.3 Å².